The van der Waals surface area contributed by atoms with E-state index in [1.54, 1.807) is 18.5 Å². The summed E-state index contributed by atoms with van der Waals surface area (Å²) >= 11 is 0. The first-order chi connectivity index (χ1) is 14.5. The molecule has 0 unspecified atom stereocenters. The Kier molecular flexibility index (Phi) is 5.67. The van der Waals surface area contributed by atoms with Crippen molar-refractivity contribution in [2.24, 2.45) is 0 Å². The summed E-state index contributed by atoms with van der Waals surface area (Å²) in [6.45, 7) is 1.32. The molecule has 0 spiro atoms. The van der Waals surface area contributed by atoms with Crippen LogP contribution in [-0.2, 0) is 6.42 Å². The molecule has 7 nitrogen and oxygen atoms in total. The summed E-state index contributed by atoms with van der Waals surface area (Å²) in [5, 5.41) is 10.0. The van der Waals surface area contributed by atoms with E-state index in [0.717, 1.165) is 30.6 Å². The number of carbonyl (C=O) groups is 1. The van der Waals surface area contributed by atoms with Crippen molar-refractivity contribution in [1.29, 1.82) is 0 Å². The lowest BCUT2D eigenvalue weighted by atomic mass is 10.0. The number of anilines is 2. The van der Waals surface area contributed by atoms with Crippen LogP contribution in [0.15, 0.2) is 48.9 Å². The largest absolute Gasteiger partial charge is 0.397 e. The van der Waals surface area contributed by atoms with Gasteiger partial charge in [0.1, 0.15) is 11.4 Å². The Balaban J connectivity index is 1.62. The van der Waals surface area contributed by atoms with Crippen molar-refractivity contribution in [3.05, 3.63) is 66.0 Å². The van der Waals surface area contributed by atoms with Crippen LogP contribution in [0.5, 0.6) is 0 Å². The first-order valence-electron chi connectivity index (χ1n) is 9.79. The molecule has 0 saturated carbocycles. The molecule has 0 aromatic carbocycles. The number of ketones is 1. The third-order valence-corrected chi connectivity index (χ3v) is 5.16. The first kappa shape index (κ1) is 19.9. The highest BCUT2D eigenvalue weighted by molar-refractivity contribution is 6.01. The van der Waals surface area contributed by atoms with Crippen molar-refractivity contribution in [3.8, 4) is 11.4 Å². The number of nitrogens with zero attached hydrogens (tertiary/aromatic N) is 4. The van der Waals surface area contributed by atoms with E-state index in [9.17, 15) is 14.3 Å². The quantitative estimate of drug-likeness (QED) is 0.627. The summed E-state index contributed by atoms with van der Waals surface area (Å²) in [6.07, 6.45) is 6.08. The second-order valence-electron chi connectivity index (χ2n) is 7.31. The highest BCUT2D eigenvalue weighted by Gasteiger charge is 2.22. The average Bonchev–Trinajstić information content (AvgIpc) is 2.75. The predicted octanol–water partition coefficient (Wildman–Crippen LogP) is 2.65. The molecule has 1 aliphatic heterocycles. The van der Waals surface area contributed by atoms with Gasteiger partial charge in [0.05, 0.1) is 17.5 Å². The zero-order valence-corrected chi connectivity index (χ0v) is 16.3. The minimum atomic E-state index is -0.522. The molecular weight excluding hydrogens is 385 g/mol. The fraction of sp³-hybridized carbons (Fsp3) is 0.273. The minimum absolute atomic E-state index is 0.0428. The maximum absolute atomic E-state index is 14.1. The average molecular weight is 407 g/mol. The number of aliphatic hydroxyl groups is 1. The maximum Gasteiger partial charge on any atom is 0.187 e. The lowest BCUT2D eigenvalue weighted by Gasteiger charge is -2.33. The lowest BCUT2D eigenvalue weighted by molar-refractivity contribution is 0.0989. The first-order valence-corrected chi connectivity index (χ1v) is 9.79. The Hall–Kier alpha value is -3.39. The Morgan fingerprint density at radius 2 is 2.13 bits per heavy atom. The highest BCUT2D eigenvalue weighted by atomic mass is 19.1. The molecule has 0 aliphatic carbocycles. The molecule has 0 bridgehead atoms. The van der Waals surface area contributed by atoms with Gasteiger partial charge in [-0.05, 0) is 43.2 Å². The Labute approximate surface area is 173 Å². The van der Waals surface area contributed by atoms with Crippen LogP contribution in [0.1, 0.15) is 28.9 Å². The SMILES string of the molecule is Nc1ccc(-c2ncccc2F)nc1C(=O)Cc1cnccc1N1CCC[C@H](O)C1. The number of nitrogen functional groups attached to an aromatic ring is 1. The van der Waals surface area contributed by atoms with Crippen LogP contribution in [0.25, 0.3) is 11.4 Å². The molecule has 154 valence electrons. The van der Waals surface area contributed by atoms with E-state index in [1.165, 1.54) is 24.4 Å². The molecule has 1 fully saturated rings. The molecule has 0 amide bonds. The van der Waals surface area contributed by atoms with Crippen LogP contribution in [0.3, 0.4) is 0 Å². The van der Waals surface area contributed by atoms with Gasteiger partial charge in [-0.25, -0.2) is 9.37 Å². The molecule has 8 heteroatoms. The van der Waals surface area contributed by atoms with E-state index < -0.39 is 11.9 Å². The smallest absolute Gasteiger partial charge is 0.187 e. The molecule has 1 saturated heterocycles. The number of aromatic nitrogens is 3. The number of hydrogen-bond donors (Lipinski definition) is 2. The van der Waals surface area contributed by atoms with Gasteiger partial charge in [0.2, 0.25) is 0 Å². The summed E-state index contributed by atoms with van der Waals surface area (Å²) in [5.41, 5.74) is 8.20. The van der Waals surface area contributed by atoms with Gasteiger partial charge in [-0.15, -0.1) is 0 Å². The molecule has 3 aromatic rings. The molecule has 0 radical (unpaired) electrons. The third kappa shape index (κ3) is 4.13. The normalized spacial score (nSPS) is 16.5. The van der Waals surface area contributed by atoms with Gasteiger partial charge in [0.15, 0.2) is 11.6 Å². The maximum atomic E-state index is 14.1. The predicted molar refractivity (Wildman–Crippen MR) is 112 cm³/mol. The van der Waals surface area contributed by atoms with E-state index >= 15 is 0 Å². The minimum Gasteiger partial charge on any atom is -0.397 e. The fourth-order valence-electron chi connectivity index (χ4n) is 3.69. The second kappa shape index (κ2) is 8.54. The third-order valence-electron chi connectivity index (χ3n) is 5.16. The number of β-amino-alcohol motifs (C(OH)–C–C–N with tert-alkyl or cyclic N) is 1. The summed E-state index contributed by atoms with van der Waals surface area (Å²) in [6, 6.07) is 7.70. The monoisotopic (exact) mass is 407 g/mol. The Morgan fingerprint density at radius 1 is 1.27 bits per heavy atom. The van der Waals surface area contributed by atoms with E-state index in [1.807, 2.05) is 6.07 Å². The van der Waals surface area contributed by atoms with E-state index in [4.69, 9.17) is 5.73 Å². The zero-order valence-electron chi connectivity index (χ0n) is 16.3. The van der Waals surface area contributed by atoms with Crippen LogP contribution in [0.2, 0.25) is 0 Å². The van der Waals surface area contributed by atoms with Crippen LogP contribution in [0.4, 0.5) is 15.8 Å². The molecular formula is C22H22FN5O2. The van der Waals surface area contributed by atoms with Crippen LogP contribution in [-0.4, -0.2) is 45.0 Å². The Morgan fingerprint density at radius 3 is 2.93 bits per heavy atom. The van der Waals surface area contributed by atoms with Crippen molar-refractivity contribution in [2.45, 2.75) is 25.4 Å². The molecule has 3 N–H and O–H groups in total. The number of rotatable bonds is 5. The molecule has 4 heterocycles. The molecule has 3 aromatic heterocycles. The highest BCUT2D eigenvalue weighted by Crippen LogP contribution is 2.26. The van der Waals surface area contributed by atoms with E-state index in [0.29, 0.717) is 6.54 Å². The van der Waals surface area contributed by atoms with Gasteiger partial charge >= 0.3 is 0 Å². The summed E-state index contributed by atoms with van der Waals surface area (Å²) < 4.78 is 14.1. The lowest BCUT2D eigenvalue weighted by Crippen LogP contribution is -2.38. The van der Waals surface area contributed by atoms with Gasteiger partial charge in [0.25, 0.3) is 0 Å². The van der Waals surface area contributed by atoms with E-state index in [2.05, 4.69) is 19.9 Å². The number of pyridine rings is 3. The molecule has 4 rings (SSSR count). The number of piperidine rings is 1. The van der Waals surface area contributed by atoms with Gasteiger partial charge in [-0.2, -0.15) is 0 Å². The standard InChI is InChI=1S/C22H22FN5O2/c23-16-4-1-8-26-21(16)18-6-5-17(24)22(27-18)20(30)11-14-12-25-9-7-19(14)28-10-2-3-15(29)13-28/h1,4-9,12,15,29H,2-3,10-11,13,24H2/t15-/m0/s1. The van der Waals surface area contributed by atoms with Gasteiger partial charge < -0.3 is 15.7 Å². The molecule has 1 aliphatic rings. The van der Waals surface area contributed by atoms with Crippen LogP contribution < -0.4 is 10.6 Å². The molecule has 1 atom stereocenters. The fourth-order valence-corrected chi connectivity index (χ4v) is 3.69. The van der Waals surface area contributed by atoms with E-state index in [-0.39, 0.29) is 35.0 Å². The van der Waals surface area contributed by atoms with Gasteiger partial charge in [-0.3, -0.25) is 14.8 Å². The number of carbonyl (C=O) groups excluding carboxylic acids is 1. The van der Waals surface area contributed by atoms with Gasteiger partial charge in [0, 0.05) is 49.4 Å². The summed E-state index contributed by atoms with van der Waals surface area (Å²) in [4.78, 5) is 27.6. The van der Waals surface area contributed by atoms with Crippen molar-refractivity contribution >= 4 is 17.2 Å². The topological polar surface area (TPSA) is 105 Å². The summed E-state index contributed by atoms with van der Waals surface area (Å²) in [7, 11) is 0. The van der Waals surface area contributed by atoms with Crippen molar-refractivity contribution in [2.75, 3.05) is 23.7 Å². The van der Waals surface area contributed by atoms with Crippen LogP contribution in [0, 0.1) is 5.82 Å². The number of aliphatic hydroxyl groups excluding tert-OH is 1. The number of halogens is 1. The number of nitrogens with two attached hydrogens (primary N) is 1. The number of hydrogen-bond acceptors (Lipinski definition) is 7. The van der Waals surface area contributed by atoms with Crippen molar-refractivity contribution in [1.82, 2.24) is 15.0 Å². The Bertz CT molecular complexity index is 1070. The van der Waals surface area contributed by atoms with Crippen LogP contribution >= 0.6 is 0 Å². The van der Waals surface area contributed by atoms with Crippen molar-refractivity contribution < 1.29 is 14.3 Å². The summed E-state index contributed by atoms with van der Waals surface area (Å²) in [5.74, 6) is -0.816. The van der Waals surface area contributed by atoms with Crippen molar-refractivity contribution in [3.63, 3.8) is 0 Å². The van der Waals surface area contributed by atoms with Gasteiger partial charge in [-0.1, -0.05) is 0 Å². The zero-order chi connectivity index (χ0) is 21.1. The molecule has 30 heavy (non-hydrogen) atoms. The second-order valence-corrected chi connectivity index (χ2v) is 7.31. The number of Topliss-reactive ketones (excluding diaryl/α,β-unsaturated/α-hetero) is 1.